The third-order valence-electron chi connectivity index (χ3n) is 4.64. The van der Waals surface area contributed by atoms with Crippen molar-refractivity contribution in [1.29, 1.82) is 0 Å². The summed E-state index contributed by atoms with van der Waals surface area (Å²) in [6.07, 6.45) is 1.81. The van der Waals surface area contributed by atoms with Gasteiger partial charge in [0.1, 0.15) is 18.2 Å². The quantitative estimate of drug-likeness (QED) is 0.565. The van der Waals surface area contributed by atoms with Gasteiger partial charge in [-0.2, -0.15) is 0 Å². The Morgan fingerprint density at radius 3 is 2.32 bits per heavy atom. The van der Waals surface area contributed by atoms with E-state index in [1.807, 2.05) is 61.7 Å². The summed E-state index contributed by atoms with van der Waals surface area (Å²) in [6, 6.07) is 20.8. The van der Waals surface area contributed by atoms with E-state index >= 15 is 0 Å². The molecule has 0 aromatic heterocycles. The molecule has 4 rings (SSSR count). The predicted molar refractivity (Wildman–Crippen MR) is 113 cm³/mol. The standard InChI is InChI=1S/C24H21FN2O/c1-16-3-8-20(9-4-16)26-14-18-15-28-23-13-19(25)7-12-22(23)24(18)27-21-10-5-17(2)6-11-21/h3-14,27H,15H2,1-2H3. The molecule has 0 amide bonds. The Kier molecular flexibility index (Phi) is 4.94. The molecule has 0 spiro atoms. The molecule has 0 saturated heterocycles. The lowest BCUT2D eigenvalue weighted by Gasteiger charge is -2.23. The molecule has 0 saturated carbocycles. The molecule has 4 heteroatoms. The molecular weight excluding hydrogens is 351 g/mol. The summed E-state index contributed by atoms with van der Waals surface area (Å²) < 4.78 is 19.4. The van der Waals surface area contributed by atoms with Crippen molar-refractivity contribution in [3.63, 3.8) is 0 Å². The number of nitrogens with zero attached hydrogens (tertiary/aromatic N) is 1. The fourth-order valence-electron chi connectivity index (χ4n) is 3.04. The van der Waals surface area contributed by atoms with Gasteiger partial charge in [0.25, 0.3) is 0 Å². The number of hydrogen-bond donors (Lipinski definition) is 1. The molecule has 3 aromatic rings. The summed E-state index contributed by atoms with van der Waals surface area (Å²) in [4.78, 5) is 4.59. The van der Waals surface area contributed by atoms with Crippen molar-refractivity contribution in [3.8, 4) is 5.75 Å². The van der Waals surface area contributed by atoms with Crippen molar-refractivity contribution in [2.45, 2.75) is 13.8 Å². The fraction of sp³-hybridized carbons (Fsp3) is 0.125. The first-order valence-electron chi connectivity index (χ1n) is 9.19. The Morgan fingerprint density at radius 1 is 0.929 bits per heavy atom. The van der Waals surface area contributed by atoms with Gasteiger partial charge in [0.05, 0.1) is 11.4 Å². The first-order valence-corrected chi connectivity index (χ1v) is 9.19. The summed E-state index contributed by atoms with van der Waals surface area (Å²) in [6.45, 7) is 4.42. The minimum absolute atomic E-state index is 0.315. The third kappa shape index (κ3) is 3.96. The summed E-state index contributed by atoms with van der Waals surface area (Å²) in [7, 11) is 0. The van der Waals surface area contributed by atoms with E-state index in [0.717, 1.165) is 28.2 Å². The maximum Gasteiger partial charge on any atom is 0.132 e. The van der Waals surface area contributed by atoms with Crippen molar-refractivity contribution in [1.82, 2.24) is 0 Å². The van der Waals surface area contributed by atoms with Crippen molar-refractivity contribution in [2.75, 3.05) is 11.9 Å². The van der Waals surface area contributed by atoms with Gasteiger partial charge in [0.2, 0.25) is 0 Å². The van der Waals surface area contributed by atoms with Gasteiger partial charge < -0.3 is 10.1 Å². The predicted octanol–water partition coefficient (Wildman–Crippen LogP) is 6.06. The number of benzene rings is 3. The van der Waals surface area contributed by atoms with Crippen molar-refractivity contribution in [2.24, 2.45) is 4.99 Å². The highest BCUT2D eigenvalue weighted by Gasteiger charge is 2.20. The van der Waals surface area contributed by atoms with Gasteiger partial charge >= 0.3 is 0 Å². The average molecular weight is 372 g/mol. The van der Waals surface area contributed by atoms with E-state index in [4.69, 9.17) is 4.74 Å². The lowest BCUT2D eigenvalue weighted by Crippen LogP contribution is -2.16. The number of hydrogen-bond acceptors (Lipinski definition) is 3. The minimum Gasteiger partial charge on any atom is -0.488 e. The van der Waals surface area contributed by atoms with Crippen LogP contribution >= 0.6 is 0 Å². The molecule has 0 fully saturated rings. The molecule has 0 aliphatic carbocycles. The highest BCUT2D eigenvalue weighted by atomic mass is 19.1. The van der Waals surface area contributed by atoms with Gasteiger partial charge in [0, 0.05) is 29.1 Å². The molecular formula is C24H21FN2O. The number of rotatable bonds is 4. The van der Waals surface area contributed by atoms with Crippen LogP contribution in [0.2, 0.25) is 0 Å². The first kappa shape index (κ1) is 18.0. The van der Waals surface area contributed by atoms with Crippen molar-refractivity contribution >= 4 is 23.3 Å². The monoisotopic (exact) mass is 372 g/mol. The lowest BCUT2D eigenvalue weighted by molar-refractivity contribution is 0.350. The zero-order chi connectivity index (χ0) is 19.5. The van der Waals surface area contributed by atoms with Crippen LogP contribution in [0.1, 0.15) is 16.7 Å². The fourth-order valence-corrected chi connectivity index (χ4v) is 3.04. The Labute approximate surface area is 164 Å². The minimum atomic E-state index is -0.315. The van der Waals surface area contributed by atoms with Gasteiger partial charge in [0.15, 0.2) is 0 Å². The molecule has 140 valence electrons. The SMILES string of the molecule is Cc1ccc(N=CC2=C(Nc3ccc(C)cc3)c3ccc(F)cc3OC2)cc1. The largest absolute Gasteiger partial charge is 0.488 e. The number of ether oxygens (including phenoxy) is 1. The smallest absolute Gasteiger partial charge is 0.132 e. The van der Waals surface area contributed by atoms with E-state index in [0.29, 0.717) is 12.4 Å². The number of nitrogens with one attached hydrogen (secondary N) is 1. The lowest BCUT2D eigenvalue weighted by atomic mass is 10.0. The second kappa shape index (κ2) is 7.69. The van der Waals surface area contributed by atoms with Crippen LogP contribution in [-0.2, 0) is 0 Å². The van der Waals surface area contributed by atoms with Crippen LogP contribution in [-0.4, -0.2) is 12.8 Å². The van der Waals surface area contributed by atoms with E-state index in [2.05, 4.69) is 17.2 Å². The molecule has 0 bridgehead atoms. The number of anilines is 1. The molecule has 0 atom stereocenters. The number of halogens is 1. The van der Waals surface area contributed by atoms with Crippen LogP contribution in [0.5, 0.6) is 5.75 Å². The molecule has 1 aliphatic rings. The van der Waals surface area contributed by atoms with Gasteiger partial charge in [-0.1, -0.05) is 35.4 Å². The van der Waals surface area contributed by atoms with Gasteiger partial charge in [-0.3, -0.25) is 4.99 Å². The molecule has 1 N–H and O–H groups in total. The second-order valence-electron chi connectivity index (χ2n) is 6.91. The highest BCUT2D eigenvalue weighted by Crippen LogP contribution is 2.34. The summed E-state index contributed by atoms with van der Waals surface area (Å²) >= 11 is 0. The van der Waals surface area contributed by atoms with E-state index in [1.165, 1.54) is 23.3 Å². The van der Waals surface area contributed by atoms with Crippen molar-refractivity contribution < 1.29 is 9.13 Å². The van der Waals surface area contributed by atoms with Crippen LogP contribution in [0.15, 0.2) is 77.3 Å². The van der Waals surface area contributed by atoms with E-state index < -0.39 is 0 Å². The number of aryl methyl sites for hydroxylation is 2. The normalized spacial score (nSPS) is 13.4. The van der Waals surface area contributed by atoms with E-state index in [9.17, 15) is 4.39 Å². The van der Waals surface area contributed by atoms with Crippen LogP contribution in [0.25, 0.3) is 5.70 Å². The van der Waals surface area contributed by atoms with E-state index in [-0.39, 0.29) is 5.82 Å². The molecule has 1 heterocycles. The third-order valence-corrected chi connectivity index (χ3v) is 4.64. The molecule has 0 unspecified atom stereocenters. The average Bonchev–Trinajstić information content (AvgIpc) is 2.70. The molecule has 1 aliphatic heterocycles. The molecule has 28 heavy (non-hydrogen) atoms. The molecule has 3 nitrogen and oxygen atoms in total. The topological polar surface area (TPSA) is 33.6 Å². The van der Waals surface area contributed by atoms with Gasteiger partial charge in [-0.15, -0.1) is 0 Å². The molecule has 0 radical (unpaired) electrons. The maximum absolute atomic E-state index is 13.6. The van der Waals surface area contributed by atoms with Crippen LogP contribution in [0.3, 0.4) is 0 Å². The Bertz CT molecular complexity index is 1050. The maximum atomic E-state index is 13.6. The zero-order valence-electron chi connectivity index (χ0n) is 15.9. The zero-order valence-corrected chi connectivity index (χ0v) is 15.9. The Morgan fingerprint density at radius 2 is 1.61 bits per heavy atom. The highest BCUT2D eigenvalue weighted by molar-refractivity contribution is 5.97. The Balaban J connectivity index is 1.74. The first-order chi connectivity index (χ1) is 13.6. The van der Waals surface area contributed by atoms with E-state index in [1.54, 1.807) is 6.07 Å². The summed E-state index contributed by atoms with van der Waals surface area (Å²) in [5, 5.41) is 3.47. The van der Waals surface area contributed by atoms with Gasteiger partial charge in [-0.25, -0.2) is 4.39 Å². The van der Waals surface area contributed by atoms with Crippen LogP contribution in [0, 0.1) is 19.7 Å². The number of aliphatic imine (C=N–C) groups is 1. The van der Waals surface area contributed by atoms with Crippen LogP contribution < -0.4 is 10.1 Å². The summed E-state index contributed by atoms with van der Waals surface area (Å²) in [5.41, 5.74) is 6.81. The number of fused-ring (bicyclic) bond motifs is 1. The van der Waals surface area contributed by atoms with Gasteiger partial charge in [-0.05, 0) is 50.2 Å². The molecule has 3 aromatic carbocycles. The summed E-state index contributed by atoms with van der Waals surface area (Å²) in [5.74, 6) is 0.215. The Hall–Kier alpha value is -3.40. The van der Waals surface area contributed by atoms with Crippen molar-refractivity contribution in [3.05, 3.63) is 94.8 Å². The van der Waals surface area contributed by atoms with Crippen LogP contribution in [0.4, 0.5) is 15.8 Å². The second-order valence-corrected chi connectivity index (χ2v) is 6.91.